The van der Waals surface area contributed by atoms with Crippen LogP contribution in [0.2, 0.25) is 0 Å². The SMILES string of the molecule is C=C/C=C(/OCC)B(OC(C)C)OC(C)C. The zero-order chi connectivity index (χ0) is 12.6. The van der Waals surface area contributed by atoms with Crippen LogP contribution >= 0.6 is 0 Å². The van der Waals surface area contributed by atoms with E-state index in [1.165, 1.54) is 0 Å². The van der Waals surface area contributed by atoms with Crippen molar-refractivity contribution in [2.45, 2.75) is 46.8 Å². The van der Waals surface area contributed by atoms with Crippen LogP contribution in [0.1, 0.15) is 34.6 Å². The standard InChI is InChI=1S/C12H23BO3/c1-7-9-12(14-8-2)13(15-10(3)4)16-11(5)6/h7,9-11H,1,8H2,2-6H3/b12-9+. The second kappa shape index (κ2) is 8.42. The first kappa shape index (κ1) is 15.3. The molecule has 0 aliphatic heterocycles. The molecule has 0 heterocycles. The van der Waals surface area contributed by atoms with Crippen LogP contribution in [-0.4, -0.2) is 25.9 Å². The van der Waals surface area contributed by atoms with E-state index in [9.17, 15) is 0 Å². The molecule has 0 radical (unpaired) electrons. The number of rotatable bonds is 8. The third kappa shape index (κ3) is 6.69. The van der Waals surface area contributed by atoms with E-state index in [2.05, 4.69) is 6.58 Å². The molecule has 0 aromatic carbocycles. The van der Waals surface area contributed by atoms with E-state index in [1.807, 2.05) is 34.6 Å². The molecule has 0 saturated heterocycles. The molecule has 0 bridgehead atoms. The van der Waals surface area contributed by atoms with Gasteiger partial charge >= 0.3 is 7.12 Å². The molecule has 0 atom stereocenters. The Morgan fingerprint density at radius 3 is 2.00 bits per heavy atom. The zero-order valence-corrected chi connectivity index (χ0v) is 11.0. The van der Waals surface area contributed by atoms with Crippen molar-refractivity contribution in [1.82, 2.24) is 0 Å². The highest BCUT2D eigenvalue weighted by Gasteiger charge is 2.28. The van der Waals surface area contributed by atoms with E-state index < -0.39 is 7.12 Å². The lowest BCUT2D eigenvalue weighted by atomic mass is 9.85. The molecule has 0 aromatic heterocycles. The molecule has 16 heavy (non-hydrogen) atoms. The fourth-order valence-corrected chi connectivity index (χ4v) is 1.14. The Balaban J connectivity index is 4.66. The van der Waals surface area contributed by atoms with Crippen molar-refractivity contribution < 1.29 is 14.0 Å². The minimum absolute atomic E-state index is 0.0809. The van der Waals surface area contributed by atoms with Gasteiger partial charge in [-0.3, -0.25) is 0 Å². The van der Waals surface area contributed by atoms with Crippen molar-refractivity contribution in [3.8, 4) is 0 Å². The summed E-state index contributed by atoms with van der Waals surface area (Å²) >= 11 is 0. The minimum atomic E-state index is -0.460. The van der Waals surface area contributed by atoms with Crippen LogP contribution in [0.25, 0.3) is 0 Å². The second-order valence-corrected chi connectivity index (χ2v) is 3.94. The van der Waals surface area contributed by atoms with Crippen molar-refractivity contribution >= 4 is 7.12 Å². The summed E-state index contributed by atoms with van der Waals surface area (Å²) in [6.45, 7) is 14.0. The fourth-order valence-electron chi connectivity index (χ4n) is 1.14. The predicted octanol–water partition coefficient (Wildman–Crippen LogP) is 2.97. The third-order valence-electron chi connectivity index (χ3n) is 1.62. The predicted molar refractivity (Wildman–Crippen MR) is 68.1 cm³/mol. The maximum absolute atomic E-state index is 5.67. The van der Waals surface area contributed by atoms with Gasteiger partial charge in [-0.2, -0.15) is 0 Å². The highest BCUT2D eigenvalue weighted by molar-refractivity contribution is 6.53. The van der Waals surface area contributed by atoms with E-state index in [4.69, 9.17) is 14.0 Å². The topological polar surface area (TPSA) is 27.7 Å². The van der Waals surface area contributed by atoms with Crippen molar-refractivity contribution in [2.75, 3.05) is 6.61 Å². The summed E-state index contributed by atoms with van der Waals surface area (Å²) < 4.78 is 16.8. The largest absolute Gasteiger partial charge is 0.531 e. The smallest absolute Gasteiger partial charge is 0.502 e. The van der Waals surface area contributed by atoms with Gasteiger partial charge in [0.2, 0.25) is 0 Å². The molecule has 0 rings (SSSR count). The lowest BCUT2D eigenvalue weighted by Crippen LogP contribution is -2.33. The van der Waals surface area contributed by atoms with E-state index in [-0.39, 0.29) is 12.2 Å². The van der Waals surface area contributed by atoms with Gasteiger partial charge in [0.05, 0.1) is 6.61 Å². The van der Waals surface area contributed by atoms with Crippen LogP contribution in [0.15, 0.2) is 24.4 Å². The quantitative estimate of drug-likeness (QED) is 0.361. The van der Waals surface area contributed by atoms with Gasteiger partial charge in [0.25, 0.3) is 0 Å². The van der Waals surface area contributed by atoms with Crippen molar-refractivity contribution in [2.24, 2.45) is 0 Å². The molecule has 0 aliphatic rings. The van der Waals surface area contributed by atoms with Crippen LogP contribution in [-0.2, 0) is 14.0 Å². The molecule has 0 saturated carbocycles. The van der Waals surface area contributed by atoms with E-state index in [0.29, 0.717) is 12.3 Å². The van der Waals surface area contributed by atoms with Crippen molar-refractivity contribution in [1.29, 1.82) is 0 Å². The molecular weight excluding hydrogens is 203 g/mol. The first-order valence-corrected chi connectivity index (χ1v) is 5.77. The van der Waals surface area contributed by atoms with Crippen LogP contribution < -0.4 is 0 Å². The van der Waals surface area contributed by atoms with E-state index in [0.717, 1.165) is 0 Å². The van der Waals surface area contributed by atoms with Crippen LogP contribution in [0, 0.1) is 0 Å². The van der Waals surface area contributed by atoms with Crippen LogP contribution in [0.3, 0.4) is 0 Å². The van der Waals surface area contributed by atoms with Crippen molar-refractivity contribution in [3.05, 3.63) is 24.4 Å². The summed E-state index contributed by atoms with van der Waals surface area (Å²) in [6, 6.07) is 0. The Morgan fingerprint density at radius 2 is 1.69 bits per heavy atom. The molecule has 0 amide bonds. The van der Waals surface area contributed by atoms with Gasteiger partial charge in [-0.05, 0) is 40.7 Å². The fraction of sp³-hybridized carbons (Fsp3) is 0.667. The second-order valence-electron chi connectivity index (χ2n) is 3.94. The monoisotopic (exact) mass is 226 g/mol. The third-order valence-corrected chi connectivity index (χ3v) is 1.62. The molecule has 0 N–H and O–H groups in total. The summed E-state index contributed by atoms with van der Waals surface area (Å²) in [7, 11) is -0.460. The molecule has 4 heteroatoms. The molecule has 0 unspecified atom stereocenters. The summed E-state index contributed by atoms with van der Waals surface area (Å²) in [5.41, 5.74) is 0.667. The van der Waals surface area contributed by atoms with Gasteiger partial charge in [-0.15, -0.1) is 0 Å². The van der Waals surface area contributed by atoms with Crippen molar-refractivity contribution in [3.63, 3.8) is 0 Å². The summed E-state index contributed by atoms with van der Waals surface area (Å²) in [5, 5.41) is 0. The average molecular weight is 226 g/mol. The highest BCUT2D eigenvalue weighted by atomic mass is 16.6. The first-order valence-electron chi connectivity index (χ1n) is 5.77. The summed E-state index contributed by atoms with van der Waals surface area (Å²) in [5.74, 6) is 0. The minimum Gasteiger partial charge on any atom is -0.502 e. The Labute approximate surface area is 99.6 Å². The van der Waals surface area contributed by atoms with Crippen LogP contribution in [0.4, 0.5) is 0 Å². The number of hydrogen-bond donors (Lipinski definition) is 0. The Bertz CT molecular complexity index is 214. The molecule has 92 valence electrons. The van der Waals surface area contributed by atoms with Gasteiger partial charge in [0.1, 0.15) is 5.66 Å². The lowest BCUT2D eigenvalue weighted by molar-refractivity contribution is 0.115. The molecule has 0 fully saturated rings. The molecule has 0 spiro atoms. The number of ether oxygens (including phenoxy) is 1. The van der Waals surface area contributed by atoms with Crippen LogP contribution in [0.5, 0.6) is 0 Å². The van der Waals surface area contributed by atoms with Gasteiger partial charge in [-0.25, -0.2) is 0 Å². The molecule has 0 aliphatic carbocycles. The Morgan fingerprint density at radius 1 is 1.19 bits per heavy atom. The van der Waals surface area contributed by atoms with Gasteiger partial charge < -0.3 is 14.0 Å². The molecular formula is C12H23BO3. The van der Waals surface area contributed by atoms with Gasteiger partial charge in [0.15, 0.2) is 0 Å². The van der Waals surface area contributed by atoms with Gasteiger partial charge in [-0.1, -0.05) is 12.7 Å². The lowest BCUT2D eigenvalue weighted by Gasteiger charge is -2.21. The van der Waals surface area contributed by atoms with E-state index in [1.54, 1.807) is 12.2 Å². The Kier molecular flexibility index (Phi) is 8.03. The number of hydrogen-bond acceptors (Lipinski definition) is 3. The maximum Gasteiger partial charge on any atom is 0.531 e. The summed E-state index contributed by atoms with van der Waals surface area (Å²) in [4.78, 5) is 0. The normalized spacial score (nSPS) is 12.1. The number of allylic oxidation sites excluding steroid dienone is 2. The highest BCUT2D eigenvalue weighted by Crippen LogP contribution is 2.11. The first-order chi connectivity index (χ1) is 7.51. The average Bonchev–Trinajstić information content (AvgIpc) is 2.15. The molecule has 3 nitrogen and oxygen atoms in total. The van der Waals surface area contributed by atoms with Gasteiger partial charge in [0, 0.05) is 12.2 Å². The van der Waals surface area contributed by atoms with E-state index >= 15 is 0 Å². The Hall–Kier alpha value is -0.735. The zero-order valence-electron chi connectivity index (χ0n) is 11.0. The maximum atomic E-state index is 5.67. The summed E-state index contributed by atoms with van der Waals surface area (Å²) in [6.07, 6.45) is 3.61. The molecule has 0 aromatic rings.